The van der Waals surface area contributed by atoms with Crippen molar-refractivity contribution in [2.24, 2.45) is 0 Å². The Hall–Kier alpha value is -3.61. The second-order valence-electron chi connectivity index (χ2n) is 6.11. The van der Waals surface area contributed by atoms with Crippen LogP contribution in [-0.2, 0) is 6.18 Å². The first-order valence-electron chi connectivity index (χ1n) is 8.36. The Labute approximate surface area is 158 Å². The van der Waals surface area contributed by atoms with Crippen LogP contribution in [0, 0.1) is 0 Å². The summed E-state index contributed by atoms with van der Waals surface area (Å²) >= 11 is 0. The molecular weight excluding hydrogens is 367 g/mol. The van der Waals surface area contributed by atoms with E-state index < -0.39 is 11.7 Å². The number of hydrogen-bond donors (Lipinski definition) is 1. The molecule has 0 amide bonds. The number of anilines is 1. The number of nitrogens with two attached hydrogens (primary N) is 1. The monoisotopic (exact) mass is 381 g/mol. The van der Waals surface area contributed by atoms with Crippen molar-refractivity contribution in [2.45, 2.75) is 6.18 Å². The molecule has 2 aromatic carbocycles. The Bertz CT molecular complexity index is 1140. The third kappa shape index (κ3) is 3.46. The van der Waals surface area contributed by atoms with Crippen molar-refractivity contribution in [2.75, 3.05) is 5.73 Å². The van der Waals surface area contributed by atoms with Gasteiger partial charge in [0.15, 0.2) is 0 Å². The van der Waals surface area contributed by atoms with Gasteiger partial charge in [0.05, 0.1) is 11.1 Å². The zero-order chi connectivity index (χ0) is 19.7. The van der Waals surface area contributed by atoms with Crippen LogP contribution >= 0.6 is 0 Å². The van der Waals surface area contributed by atoms with E-state index >= 15 is 0 Å². The van der Waals surface area contributed by atoms with Crippen molar-refractivity contribution in [1.29, 1.82) is 0 Å². The molecule has 2 heterocycles. The van der Waals surface area contributed by atoms with Crippen LogP contribution in [0.25, 0.3) is 22.0 Å². The Morgan fingerprint density at radius 1 is 0.857 bits per heavy atom. The molecule has 0 aliphatic carbocycles. The van der Waals surface area contributed by atoms with Gasteiger partial charge in [-0.15, -0.1) is 0 Å². The Kier molecular flexibility index (Phi) is 4.35. The molecule has 0 unspecified atom stereocenters. The van der Waals surface area contributed by atoms with Crippen molar-refractivity contribution in [3.8, 4) is 22.8 Å². The number of aromatic nitrogens is 2. The second kappa shape index (κ2) is 6.84. The fourth-order valence-corrected chi connectivity index (χ4v) is 2.85. The normalized spacial score (nSPS) is 11.5. The van der Waals surface area contributed by atoms with Crippen LogP contribution in [0.3, 0.4) is 0 Å². The molecule has 0 radical (unpaired) electrons. The molecule has 7 heteroatoms. The van der Waals surface area contributed by atoms with Crippen molar-refractivity contribution in [1.82, 2.24) is 9.97 Å². The molecule has 28 heavy (non-hydrogen) atoms. The van der Waals surface area contributed by atoms with Crippen molar-refractivity contribution in [3.05, 3.63) is 78.6 Å². The first-order chi connectivity index (χ1) is 13.4. The Morgan fingerprint density at radius 3 is 2.39 bits per heavy atom. The van der Waals surface area contributed by atoms with Gasteiger partial charge in [0.2, 0.25) is 5.88 Å². The van der Waals surface area contributed by atoms with Gasteiger partial charge in [0, 0.05) is 29.0 Å². The third-order valence-corrected chi connectivity index (χ3v) is 4.25. The van der Waals surface area contributed by atoms with Crippen LogP contribution in [0.1, 0.15) is 5.56 Å². The number of ether oxygens (including phenoxy) is 1. The first kappa shape index (κ1) is 17.8. The fraction of sp³-hybridized carbons (Fsp3) is 0.0476. The van der Waals surface area contributed by atoms with Gasteiger partial charge in [0.1, 0.15) is 5.75 Å². The zero-order valence-electron chi connectivity index (χ0n) is 14.4. The molecule has 0 fully saturated rings. The lowest BCUT2D eigenvalue weighted by molar-refractivity contribution is -0.137. The largest absolute Gasteiger partial charge is 0.438 e. The average molecular weight is 381 g/mol. The summed E-state index contributed by atoms with van der Waals surface area (Å²) in [6, 6.07) is 15.4. The molecule has 2 N–H and O–H groups in total. The molecule has 0 aliphatic rings. The maximum atomic E-state index is 12.7. The molecule has 0 saturated heterocycles. The molecule has 4 rings (SSSR count). The number of nitrogens with zero attached hydrogens (tertiary/aromatic N) is 2. The third-order valence-electron chi connectivity index (χ3n) is 4.25. The fourth-order valence-electron chi connectivity index (χ4n) is 2.85. The van der Waals surface area contributed by atoms with E-state index in [4.69, 9.17) is 10.5 Å². The number of benzene rings is 2. The highest BCUT2D eigenvalue weighted by molar-refractivity contribution is 5.93. The van der Waals surface area contributed by atoms with Crippen LogP contribution < -0.4 is 10.5 Å². The van der Waals surface area contributed by atoms with Crippen LogP contribution in [-0.4, -0.2) is 9.97 Å². The van der Waals surface area contributed by atoms with Gasteiger partial charge in [-0.25, -0.2) is 4.98 Å². The van der Waals surface area contributed by atoms with E-state index in [-0.39, 0.29) is 11.6 Å². The molecule has 140 valence electrons. The summed E-state index contributed by atoms with van der Waals surface area (Å²) in [6.07, 6.45) is -1.20. The summed E-state index contributed by atoms with van der Waals surface area (Å²) in [7, 11) is 0. The molecule has 0 bridgehead atoms. The molecule has 4 aromatic rings. The van der Waals surface area contributed by atoms with Gasteiger partial charge < -0.3 is 10.5 Å². The number of pyridine rings is 2. The van der Waals surface area contributed by atoms with Crippen molar-refractivity contribution in [3.63, 3.8) is 0 Å². The topological polar surface area (TPSA) is 61.0 Å². The Balaban J connectivity index is 1.71. The number of halogens is 3. The quantitative estimate of drug-likeness (QED) is 0.495. The summed E-state index contributed by atoms with van der Waals surface area (Å²) in [6.45, 7) is 0. The number of fused-ring (bicyclic) bond motifs is 1. The number of nitrogen functional groups attached to an aromatic ring is 1. The SMILES string of the molecule is Nc1ccnc2ccc(-c3cccnc3Oc3ccc(C(F)(F)F)cc3)cc12. The number of alkyl halides is 3. The maximum Gasteiger partial charge on any atom is 0.416 e. The van der Waals surface area contributed by atoms with Crippen molar-refractivity contribution < 1.29 is 17.9 Å². The highest BCUT2D eigenvalue weighted by atomic mass is 19.4. The van der Waals surface area contributed by atoms with Gasteiger partial charge >= 0.3 is 6.18 Å². The van der Waals surface area contributed by atoms with Crippen LogP contribution in [0.2, 0.25) is 0 Å². The summed E-state index contributed by atoms with van der Waals surface area (Å²) in [5, 5.41) is 0.796. The molecule has 0 saturated carbocycles. The summed E-state index contributed by atoms with van der Waals surface area (Å²) in [4.78, 5) is 8.51. The summed E-state index contributed by atoms with van der Waals surface area (Å²) in [5.41, 5.74) is 8.15. The summed E-state index contributed by atoms with van der Waals surface area (Å²) in [5.74, 6) is 0.541. The van der Waals surface area contributed by atoms with Gasteiger partial charge in [-0.3, -0.25) is 4.98 Å². The predicted molar refractivity (Wildman–Crippen MR) is 101 cm³/mol. The van der Waals surface area contributed by atoms with E-state index in [0.29, 0.717) is 11.3 Å². The molecule has 4 nitrogen and oxygen atoms in total. The molecule has 0 spiro atoms. The van der Waals surface area contributed by atoms with Gasteiger partial charge in [-0.2, -0.15) is 13.2 Å². The molecule has 0 aliphatic heterocycles. The zero-order valence-corrected chi connectivity index (χ0v) is 14.4. The Morgan fingerprint density at radius 2 is 1.64 bits per heavy atom. The molecular formula is C21H14F3N3O. The maximum absolute atomic E-state index is 12.7. The standard InChI is InChI=1S/C21H14F3N3O/c22-21(23,24)14-4-6-15(7-5-14)28-20-16(2-1-10-27-20)13-3-8-19-17(12-13)18(25)9-11-26-19/h1-12H,(H2,25,26). The van der Waals surface area contributed by atoms with E-state index in [1.165, 1.54) is 12.1 Å². The minimum Gasteiger partial charge on any atom is -0.438 e. The van der Waals surface area contributed by atoms with E-state index in [2.05, 4.69) is 9.97 Å². The lowest BCUT2D eigenvalue weighted by Crippen LogP contribution is -2.04. The van der Waals surface area contributed by atoms with E-state index in [1.807, 2.05) is 24.3 Å². The van der Waals surface area contributed by atoms with E-state index in [1.54, 1.807) is 24.5 Å². The molecule has 0 atom stereocenters. The number of hydrogen-bond acceptors (Lipinski definition) is 4. The smallest absolute Gasteiger partial charge is 0.416 e. The predicted octanol–water partition coefficient (Wildman–Crippen LogP) is 5.69. The van der Waals surface area contributed by atoms with Gasteiger partial charge in [-0.1, -0.05) is 6.07 Å². The highest BCUT2D eigenvalue weighted by Gasteiger charge is 2.30. The van der Waals surface area contributed by atoms with Gasteiger partial charge in [-0.05, 0) is 60.2 Å². The highest BCUT2D eigenvalue weighted by Crippen LogP contribution is 2.35. The van der Waals surface area contributed by atoms with Crippen molar-refractivity contribution >= 4 is 16.6 Å². The van der Waals surface area contributed by atoms with E-state index in [9.17, 15) is 13.2 Å². The molecule has 2 aromatic heterocycles. The second-order valence-corrected chi connectivity index (χ2v) is 6.11. The van der Waals surface area contributed by atoms with Crippen LogP contribution in [0.5, 0.6) is 11.6 Å². The van der Waals surface area contributed by atoms with Crippen LogP contribution in [0.15, 0.2) is 73.1 Å². The lowest BCUT2D eigenvalue weighted by atomic mass is 10.0. The van der Waals surface area contributed by atoms with Crippen LogP contribution in [0.4, 0.5) is 18.9 Å². The average Bonchev–Trinajstić information content (AvgIpc) is 2.68. The number of rotatable bonds is 3. The minimum atomic E-state index is -4.40. The van der Waals surface area contributed by atoms with E-state index in [0.717, 1.165) is 28.6 Å². The minimum absolute atomic E-state index is 0.259. The van der Waals surface area contributed by atoms with Gasteiger partial charge in [0.25, 0.3) is 0 Å². The lowest BCUT2D eigenvalue weighted by Gasteiger charge is -2.12. The summed E-state index contributed by atoms with van der Waals surface area (Å²) < 4.78 is 43.9. The first-order valence-corrected chi connectivity index (χ1v) is 8.36.